The van der Waals surface area contributed by atoms with E-state index in [1.54, 1.807) is 13.1 Å². The van der Waals surface area contributed by atoms with Gasteiger partial charge in [0.15, 0.2) is 5.82 Å². The van der Waals surface area contributed by atoms with Crippen molar-refractivity contribution in [3.8, 4) is 0 Å². The number of hydrogen-bond acceptors (Lipinski definition) is 9. The van der Waals surface area contributed by atoms with Gasteiger partial charge in [0.25, 0.3) is 0 Å². The molecule has 5 rings (SSSR count). The highest BCUT2D eigenvalue weighted by Crippen LogP contribution is 2.35. The number of nitrogens with one attached hydrogen (secondary N) is 1. The maximum Gasteiger partial charge on any atom is 0.229 e. The minimum Gasteiger partial charge on any atom is -0.387 e. The summed E-state index contributed by atoms with van der Waals surface area (Å²) in [6.07, 6.45) is 4.16. The van der Waals surface area contributed by atoms with Crippen LogP contribution in [0.25, 0.3) is 10.9 Å². The van der Waals surface area contributed by atoms with E-state index in [0.29, 0.717) is 17.5 Å². The standard InChI is InChI=1S/C26H36N8O/c1-18(35)21-13-20-15-28-25(31-23(20)24(29-21)34-8-7-26(2,3)17-34)30-22-6-5-19(14-27-22)16-33-11-9-32(4)10-12-33/h5-6,13-15,18,35H,7-12,16-17H2,1-4H3,(H,27,28,30,31). The molecule has 0 amide bonds. The van der Waals surface area contributed by atoms with Gasteiger partial charge in [0.2, 0.25) is 5.95 Å². The first kappa shape index (κ1) is 23.8. The quantitative estimate of drug-likeness (QED) is 0.556. The van der Waals surface area contributed by atoms with Crippen LogP contribution in [-0.2, 0) is 6.54 Å². The van der Waals surface area contributed by atoms with Crippen LogP contribution in [-0.4, -0.2) is 81.2 Å². The summed E-state index contributed by atoms with van der Waals surface area (Å²) in [5.41, 5.74) is 2.85. The average molecular weight is 477 g/mol. The zero-order chi connectivity index (χ0) is 24.6. The topological polar surface area (TPSA) is 93.5 Å². The van der Waals surface area contributed by atoms with Crippen molar-refractivity contribution in [2.75, 3.05) is 56.5 Å². The van der Waals surface area contributed by atoms with Gasteiger partial charge >= 0.3 is 0 Å². The Morgan fingerprint density at radius 3 is 2.51 bits per heavy atom. The summed E-state index contributed by atoms with van der Waals surface area (Å²) >= 11 is 0. The van der Waals surface area contributed by atoms with Crippen LogP contribution in [0.1, 0.15) is 44.6 Å². The second-order valence-electron chi connectivity index (χ2n) is 10.8. The van der Waals surface area contributed by atoms with Crippen LogP contribution in [0.4, 0.5) is 17.6 Å². The number of aliphatic hydroxyl groups is 1. The summed E-state index contributed by atoms with van der Waals surface area (Å²) < 4.78 is 0. The number of aromatic nitrogens is 4. The van der Waals surface area contributed by atoms with Crippen molar-refractivity contribution in [2.24, 2.45) is 5.41 Å². The van der Waals surface area contributed by atoms with Crippen molar-refractivity contribution in [3.05, 3.63) is 41.9 Å². The van der Waals surface area contributed by atoms with E-state index in [1.165, 1.54) is 5.56 Å². The first-order chi connectivity index (χ1) is 16.8. The molecule has 2 saturated heterocycles. The summed E-state index contributed by atoms with van der Waals surface area (Å²) in [4.78, 5) is 25.9. The summed E-state index contributed by atoms with van der Waals surface area (Å²) in [6.45, 7) is 13.4. The van der Waals surface area contributed by atoms with Crippen molar-refractivity contribution in [1.29, 1.82) is 0 Å². The van der Waals surface area contributed by atoms with Gasteiger partial charge in [-0.3, -0.25) is 4.90 Å². The summed E-state index contributed by atoms with van der Waals surface area (Å²) in [5.74, 6) is 2.01. The Morgan fingerprint density at radius 2 is 1.86 bits per heavy atom. The number of piperazine rings is 1. The molecule has 35 heavy (non-hydrogen) atoms. The number of hydrogen-bond donors (Lipinski definition) is 2. The zero-order valence-electron chi connectivity index (χ0n) is 21.2. The predicted molar refractivity (Wildman–Crippen MR) is 139 cm³/mol. The molecule has 0 aromatic carbocycles. The molecule has 0 bridgehead atoms. The molecule has 0 saturated carbocycles. The van der Waals surface area contributed by atoms with E-state index in [9.17, 15) is 5.11 Å². The third-order valence-corrected chi connectivity index (χ3v) is 7.04. The minimum absolute atomic E-state index is 0.221. The van der Waals surface area contributed by atoms with E-state index in [-0.39, 0.29) is 5.41 Å². The molecule has 2 aliphatic heterocycles. The molecule has 1 atom stereocenters. The largest absolute Gasteiger partial charge is 0.387 e. The van der Waals surface area contributed by atoms with Crippen LogP contribution < -0.4 is 10.2 Å². The number of anilines is 3. The molecular weight excluding hydrogens is 440 g/mol. The fourth-order valence-electron chi connectivity index (χ4n) is 4.80. The van der Waals surface area contributed by atoms with E-state index in [1.807, 2.05) is 18.3 Å². The van der Waals surface area contributed by atoms with Crippen molar-refractivity contribution in [3.63, 3.8) is 0 Å². The molecule has 2 N–H and O–H groups in total. The molecule has 3 aromatic rings. The third kappa shape index (κ3) is 5.52. The van der Waals surface area contributed by atoms with Gasteiger partial charge in [-0.1, -0.05) is 19.9 Å². The molecule has 5 heterocycles. The normalized spacial score (nSPS) is 19.9. The van der Waals surface area contributed by atoms with Gasteiger partial charge in [0, 0.05) is 63.6 Å². The molecule has 1 unspecified atom stereocenters. The van der Waals surface area contributed by atoms with Crippen molar-refractivity contribution in [1.82, 2.24) is 29.7 Å². The molecule has 0 radical (unpaired) electrons. The van der Waals surface area contributed by atoms with Crippen LogP contribution >= 0.6 is 0 Å². The number of fused-ring (bicyclic) bond motifs is 1. The molecule has 9 heteroatoms. The Kier molecular flexibility index (Phi) is 6.57. The lowest BCUT2D eigenvalue weighted by Gasteiger charge is -2.32. The Balaban J connectivity index is 1.36. The van der Waals surface area contributed by atoms with Gasteiger partial charge < -0.3 is 20.2 Å². The number of rotatable bonds is 6. The van der Waals surface area contributed by atoms with Gasteiger partial charge in [-0.15, -0.1) is 0 Å². The average Bonchev–Trinajstić information content (AvgIpc) is 3.20. The van der Waals surface area contributed by atoms with E-state index in [4.69, 9.17) is 9.97 Å². The van der Waals surface area contributed by atoms with Crippen LogP contribution in [0, 0.1) is 5.41 Å². The van der Waals surface area contributed by atoms with E-state index in [0.717, 1.165) is 69.0 Å². The van der Waals surface area contributed by atoms with Gasteiger partial charge in [-0.25, -0.2) is 19.9 Å². The second-order valence-corrected chi connectivity index (χ2v) is 10.8. The summed E-state index contributed by atoms with van der Waals surface area (Å²) in [6, 6.07) is 5.97. The van der Waals surface area contributed by atoms with E-state index >= 15 is 0 Å². The maximum atomic E-state index is 10.2. The monoisotopic (exact) mass is 476 g/mol. The van der Waals surface area contributed by atoms with E-state index in [2.05, 4.69) is 56.9 Å². The molecule has 2 aliphatic rings. The molecular formula is C26H36N8O. The highest BCUT2D eigenvalue weighted by Gasteiger charge is 2.31. The van der Waals surface area contributed by atoms with Crippen LogP contribution in [0.15, 0.2) is 30.6 Å². The van der Waals surface area contributed by atoms with E-state index < -0.39 is 6.10 Å². The minimum atomic E-state index is -0.653. The summed E-state index contributed by atoms with van der Waals surface area (Å²) in [5, 5.41) is 14.3. The Bertz CT molecular complexity index is 1170. The molecule has 186 valence electrons. The van der Waals surface area contributed by atoms with Gasteiger partial charge in [0.1, 0.15) is 11.3 Å². The Labute approximate surface area is 207 Å². The first-order valence-corrected chi connectivity index (χ1v) is 12.5. The highest BCUT2D eigenvalue weighted by molar-refractivity contribution is 5.89. The fraction of sp³-hybridized carbons (Fsp3) is 0.538. The first-order valence-electron chi connectivity index (χ1n) is 12.5. The molecule has 2 fully saturated rings. The smallest absolute Gasteiger partial charge is 0.229 e. The SMILES string of the molecule is CC(O)c1cc2cnc(Nc3ccc(CN4CCN(C)CC4)cn3)nc2c(N2CCC(C)(C)C2)n1. The maximum absolute atomic E-state index is 10.2. The molecule has 0 spiro atoms. The van der Waals surface area contributed by atoms with Crippen LogP contribution in [0.5, 0.6) is 0 Å². The number of likely N-dealkylation sites (N-methyl/N-ethyl adjacent to an activating group) is 1. The molecule has 9 nitrogen and oxygen atoms in total. The van der Waals surface area contributed by atoms with Crippen molar-refractivity contribution in [2.45, 2.75) is 39.8 Å². The molecule has 0 aliphatic carbocycles. The van der Waals surface area contributed by atoms with Gasteiger partial charge in [0.05, 0.1) is 11.8 Å². The number of aliphatic hydroxyl groups excluding tert-OH is 1. The van der Waals surface area contributed by atoms with Gasteiger partial charge in [-0.05, 0) is 43.5 Å². The predicted octanol–water partition coefficient (Wildman–Crippen LogP) is 3.20. The number of pyridine rings is 2. The fourth-order valence-corrected chi connectivity index (χ4v) is 4.80. The van der Waals surface area contributed by atoms with Gasteiger partial charge in [-0.2, -0.15) is 0 Å². The van der Waals surface area contributed by atoms with Crippen LogP contribution in [0.2, 0.25) is 0 Å². The lowest BCUT2D eigenvalue weighted by molar-refractivity contribution is 0.148. The lowest BCUT2D eigenvalue weighted by atomic mass is 9.93. The van der Waals surface area contributed by atoms with Crippen LogP contribution in [0.3, 0.4) is 0 Å². The Hall–Kier alpha value is -2.88. The second kappa shape index (κ2) is 9.64. The molecule has 3 aromatic heterocycles. The van der Waals surface area contributed by atoms with Crippen molar-refractivity contribution < 1.29 is 5.11 Å². The highest BCUT2D eigenvalue weighted by atomic mass is 16.3. The van der Waals surface area contributed by atoms with Crippen molar-refractivity contribution >= 4 is 28.5 Å². The number of nitrogens with zero attached hydrogens (tertiary/aromatic N) is 7. The Morgan fingerprint density at radius 1 is 1.06 bits per heavy atom. The summed E-state index contributed by atoms with van der Waals surface area (Å²) in [7, 11) is 2.17. The lowest BCUT2D eigenvalue weighted by Crippen LogP contribution is -2.43. The zero-order valence-corrected chi connectivity index (χ0v) is 21.2. The third-order valence-electron chi connectivity index (χ3n) is 7.04.